The van der Waals surface area contributed by atoms with Crippen molar-refractivity contribution in [3.05, 3.63) is 47.4 Å². The van der Waals surface area contributed by atoms with Gasteiger partial charge in [0.05, 0.1) is 0 Å². The predicted octanol–water partition coefficient (Wildman–Crippen LogP) is 3.87. The third-order valence-corrected chi connectivity index (χ3v) is 7.14. The van der Waals surface area contributed by atoms with E-state index in [4.69, 9.17) is 16.6 Å². The van der Waals surface area contributed by atoms with Gasteiger partial charge in [0, 0.05) is 50.0 Å². The third-order valence-electron chi connectivity index (χ3n) is 6.93. The first-order chi connectivity index (χ1) is 16.0. The first-order valence-corrected chi connectivity index (χ1v) is 11.6. The number of nitrogens with zero attached hydrogens (tertiary/aromatic N) is 7. The fourth-order valence-corrected chi connectivity index (χ4v) is 5.55. The number of hydrogen-bond acceptors (Lipinski definition) is 7. The predicted molar refractivity (Wildman–Crippen MR) is 121 cm³/mol. The summed E-state index contributed by atoms with van der Waals surface area (Å²) < 4.78 is 29.1. The summed E-state index contributed by atoms with van der Waals surface area (Å²) >= 11 is 6.06. The van der Waals surface area contributed by atoms with Crippen molar-refractivity contribution in [3.63, 3.8) is 0 Å². The Morgan fingerprint density at radius 3 is 2.58 bits per heavy atom. The van der Waals surface area contributed by atoms with Gasteiger partial charge in [0.25, 0.3) is 0 Å². The zero-order valence-corrected chi connectivity index (χ0v) is 18.6. The van der Waals surface area contributed by atoms with E-state index in [-0.39, 0.29) is 6.04 Å². The molecule has 1 saturated carbocycles. The molecule has 0 radical (unpaired) electrons. The second-order valence-corrected chi connectivity index (χ2v) is 9.32. The Hall–Kier alpha value is -3.01. The van der Waals surface area contributed by atoms with Gasteiger partial charge in [-0.3, -0.25) is 0 Å². The first-order valence-electron chi connectivity index (χ1n) is 11.2. The summed E-state index contributed by atoms with van der Waals surface area (Å²) in [5, 5.41) is 8.72. The first kappa shape index (κ1) is 20.6. The van der Waals surface area contributed by atoms with Crippen LogP contribution in [0.25, 0.3) is 0 Å². The summed E-state index contributed by atoms with van der Waals surface area (Å²) in [7, 11) is 0. The normalized spacial score (nSPS) is 24.2. The molecule has 3 aliphatic rings. The van der Waals surface area contributed by atoms with E-state index in [1.807, 2.05) is 15.6 Å². The van der Waals surface area contributed by atoms with Crippen LogP contribution in [-0.2, 0) is 6.54 Å². The Labute approximate surface area is 194 Å². The molecule has 3 atom stereocenters. The summed E-state index contributed by atoms with van der Waals surface area (Å²) in [6.07, 6.45) is 4.61. The van der Waals surface area contributed by atoms with Gasteiger partial charge in [-0.2, -0.15) is 4.98 Å². The standard InChI is InChI=1S/C22H23ClF2N8/c23-18-9-19(27-12-26-18)31-10-13-2-3-14(11-31)20(13)28-21-29-22-32(6-1-7-33(22)30-21)15-4-5-16(24)17(25)8-15/h4-5,8-9,12-14,20H,1-3,6-7,10-11H2,(H,28,30)/t13-,14+,20-. The molecule has 172 valence electrons. The van der Waals surface area contributed by atoms with E-state index in [1.54, 1.807) is 6.07 Å². The Balaban J connectivity index is 1.21. The highest BCUT2D eigenvalue weighted by Crippen LogP contribution is 2.40. The van der Waals surface area contributed by atoms with Crippen LogP contribution in [0.1, 0.15) is 19.3 Å². The number of halogens is 3. The number of benzene rings is 1. The lowest BCUT2D eigenvalue weighted by molar-refractivity contribution is 0.374. The molecule has 3 aromatic rings. The fraction of sp³-hybridized carbons (Fsp3) is 0.455. The average molecular weight is 473 g/mol. The minimum absolute atomic E-state index is 0.278. The summed E-state index contributed by atoms with van der Waals surface area (Å²) in [6, 6.07) is 6.02. The molecule has 2 bridgehead atoms. The number of piperidine rings is 1. The van der Waals surface area contributed by atoms with E-state index >= 15 is 0 Å². The van der Waals surface area contributed by atoms with Crippen LogP contribution >= 0.6 is 11.6 Å². The number of aryl methyl sites for hydroxylation is 1. The van der Waals surface area contributed by atoms with Crippen LogP contribution in [0.5, 0.6) is 0 Å². The van der Waals surface area contributed by atoms with Gasteiger partial charge in [0.1, 0.15) is 17.3 Å². The number of aromatic nitrogens is 5. The topological polar surface area (TPSA) is 75.0 Å². The molecular weight excluding hydrogens is 450 g/mol. The molecule has 0 spiro atoms. The summed E-state index contributed by atoms with van der Waals surface area (Å²) in [5.74, 6) is 1.26. The van der Waals surface area contributed by atoms with Crippen molar-refractivity contribution in [3.8, 4) is 0 Å². The van der Waals surface area contributed by atoms with Gasteiger partial charge >= 0.3 is 0 Å². The van der Waals surface area contributed by atoms with Gasteiger partial charge in [-0.1, -0.05) is 11.6 Å². The van der Waals surface area contributed by atoms with Crippen molar-refractivity contribution in [1.82, 2.24) is 24.7 Å². The Bertz CT molecular complexity index is 1170. The number of rotatable bonds is 4. The number of fused-ring (bicyclic) bond motifs is 3. The molecule has 1 aromatic carbocycles. The minimum atomic E-state index is -0.865. The summed E-state index contributed by atoms with van der Waals surface area (Å²) in [5.41, 5.74) is 0.575. The van der Waals surface area contributed by atoms with Crippen LogP contribution in [0.2, 0.25) is 5.15 Å². The second kappa shape index (κ2) is 8.09. The monoisotopic (exact) mass is 472 g/mol. The molecule has 2 fully saturated rings. The minimum Gasteiger partial charge on any atom is -0.356 e. The molecule has 0 unspecified atom stereocenters. The zero-order chi connectivity index (χ0) is 22.5. The van der Waals surface area contributed by atoms with Crippen LogP contribution in [0, 0.1) is 23.5 Å². The van der Waals surface area contributed by atoms with Gasteiger partial charge in [-0.15, -0.1) is 5.10 Å². The van der Waals surface area contributed by atoms with Crippen molar-refractivity contribution < 1.29 is 8.78 Å². The van der Waals surface area contributed by atoms with Crippen molar-refractivity contribution in [2.24, 2.45) is 11.8 Å². The highest BCUT2D eigenvalue weighted by Gasteiger charge is 2.43. The van der Waals surface area contributed by atoms with E-state index in [1.165, 1.54) is 12.4 Å². The van der Waals surface area contributed by atoms with Crippen molar-refractivity contribution >= 4 is 35.0 Å². The number of nitrogens with one attached hydrogen (secondary N) is 1. The molecular formula is C22H23ClF2N8. The zero-order valence-electron chi connectivity index (χ0n) is 17.8. The van der Waals surface area contributed by atoms with Crippen LogP contribution in [-0.4, -0.2) is 50.4 Å². The van der Waals surface area contributed by atoms with Crippen LogP contribution in [0.15, 0.2) is 30.6 Å². The Morgan fingerprint density at radius 1 is 1.00 bits per heavy atom. The molecule has 0 amide bonds. The molecule has 1 N–H and O–H groups in total. The van der Waals surface area contributed by atoms with E-state index in [0.29, 0.717) is 41.1 Å². The maximum atomic E-state index is 13.8. The van der Waals surface area contributed by atoms with Crippen LogP contribution in [0.4, 0.5) is 32.2 Å². The number of anilines is 4. The maximum absolute atomic E-state index is 13.8. The van der Waals surface area contributed by atoms with E-state index in [0.717, 1.165) is 50.8 Å². The second-order valence-electron chi connectivity index (χ2n) is 8.93. The molecule has 1 aliphatic carbocycles. The highest BCUT2D eigenvalue weighted by molar-refractivity contribution is 6.29. The van der Waals surface area contributed by atoms with Gasteiger partial charge in [-0.05, 0) is 43.2 Å². The molecule has 2 aliphatic heterocycles. The molecule has 2 aromatic heterocycles. The SMILES string of the molecule is Fc1ccc(N2CCCn3nc(N[C@@H]4[C@@H]5CC[C@H]4CN(c4cc(Cl)ncn4)C5)nc32)cc1F. The van der Waals surface area contributed by atoms with Gasteiger partial charge in [0.2, 0.25) is 11.9 Å². The smallest absolute Gasteiger partial charge is 0.244 e. The highest BCUT2D eigenvalue weighted by atomic mass is 35.5. The summed E-state index contributed by atoms with van der Waals surface area (Å²) in [4.78, 5) is 17.3. The number of hydrogen-bond donors (Lipinski definition) is 1. The molecule has 33 heavy (non-hydrogen) atoms. The summed E-state index contributed by atoms with van der Waals surface area (Å²) in [6.45, 7) is 3.18. The molecule has 1 saturated heterocycles. The van der Waals surface area contributed by atoms with Crippen molar-refractivity contribution in [2.45, 2.75) is 31.8 Å². The lowest BCUT2D eigenvalue weighted by Crippen LogP contribution is -2.48. The van der Waals surface area contributed by atoms with E-state index < -0.39 is 11.6 Å². The molecule has 6 rings (SSSR count). The van der Waals surface area contributed by atoms with Crippen LogP contribution < -0.4 is 15.1 Å². The molecule has 11 heteroatoms. The average Bonchev–Trinajstić information content (AvgIpc) is 3.31. The Kier molecular flexibility index (Phi) is 5.05. The van der Waals surface area contributed by atoms with Crippen LogP contribution in [0.3, 0.4) is 0 Å². The quantitative estimate of drug-likeness (QED) is 0.578. The van der Waals surface area contributed by atoms with Gasteiger partial charge in [0.15, 0.2) is 11.6 Å². The largest absolute Gasteiger partial charge is 0.356 e. The van der Waals surface area contributed by atoms with E-state index in [2.05, 4.69) is 25.3 Å². The van der Waals surface area contributed by atoms with E-state index in [9.17, 15) is 8.78 Å². The van der Waals surface area contributed by atoms with Gasteiger partial charge in [-0.25, -0.2) is 23.4 Å². The Morgan fingerprint density at radius 2 is 1.82 bits per heavy atom. The van der Waals surface area contributed by atoms with Crippen molar-refractivity contribution in [2.75, 3.05) is 34.8 Å². The van der Waals surface area contributed by atoms with Crippen molar-refractivity contribution in [1.29, 1.82) is 0 Å². The fourth-order valence-electron chi connectivity index (χ4n) is 5.41. The molecule has 4 heterocycles. The lowest BCUT2D eigenvalue weighted by atomic mass is 9.92. The maximum Gasteiger partial charge on any atom is 0.244 e. The van der Waals surface area contributed by atoms with Gasteiger partial charge < -0.3 is 15.1 Å². The lowest BCUT2D eigenvalue weighted by Gasteiger charge is -2.38. The molecule has 8 nitrogen and oxygen atoms in total. The third kappa shape index (κ3) is 3.76.